The molecule has 2 atom stereocenters. The van der Waals surface area contributed by atoms with Crippen molar-refractivity contribution in [2.45, 2.75) is 19.4 Å². The lowest BCUT2D eigenvalue weighted by Gasteiger charge is -2.15. The van der Waals surface area contributed by atoms with Crippen molar-refractivity contribution < 1.29 is 8.60 Å². The molecule has 0 saturated carbocycles. The van der Waals surface area contributed by atoms with E-state index in [1.807, 2.05) is 6.92 Å². The number of fused-ring (bicyclic) bond motifs is 1. The summed E-state index contributed by atoms with van der Waals surface area (Å²) in [5, 5.41) is 0. The molecule has 0 aliphatic carbocycles. The minimum atomic E-state index is -0.841. The molecule has 0 aliphatic heterocycles. The molecule has 2 unspecified atom stereocenters. The molecular formula is C12H16FN3OS. The SMILES string of the molecule is CC(CCS(C)=O)n1c(N)nc2c(F)cccc21. The first-order valence-electron chi connectivity index (χ1n) is 5.72. The Morgan fingerprint density at radius 1 is 1.56 bits per heavy atom. The van der Waals surface area contributed by atoms with E-state index in [1.54, 1.807) is 23.0 Å². The van der Waals surface area contributed by atoms with Gasteiger partial charge in [0.15, 0.2) is 5.82 Å². The highest BCUT2D eigenvalue weighted by molar-refractivity contribution is 7.84. The molecule has 0 aliphatic rings. The second-order valence-corrected chi connectivity index (χ2v) is 5.92. The van der Waals surface area contributed by atoms with Crippen LogP contribution >= 0.6 is 0 Å². The Morgan fingerprint density at radius 3 is 2.94 bits per heavy atom. The fourth-order valence-corrected chi connectivity index (χ4v) is 2.70. The number of aromatic nitrogens is 2. The average Bonchev–Trinajstić information content (AvgIpc) is 2.64. The van der Waals surface area contributed by atoms with E-state index in [2.05, 4.69) is 4.98 Å². The number of hydrogen-bond donors (Lipinski definition) is 1. The molecule has 98 valence electrons. The number of nitrogens with zero attached hydrogens (tertiary/aromatic N) is 2. The van der Waals surface area contributed by atoms with Crippen LogP contribution in [-0.4, -0.2) is 25.8 Å². The molecule has 6 heteroatoms. The standard InChI is InChI=1S/C12H16FN3OS/c1-8(6-7-18(2)17)16-10-5-3-4-9(13)11(10)15-12(16)14/h3-5,8H,6-7H2,1-2H3,(H2,14,15). The Kier molecular flexibility index (Phi) is 3.65. The Morgan fingerprint density at radius 2 is 2.28 bits per heavy atom. The molecule has 4 nitrogen and oxygen atoms in total. The molecule has 2 aromatic rings. The van der Waals surface area contributed by atoms with E-state index < -0.39 is 10.8 Å². The minimum absolute atomic E-state index is 0.0423. The summed E-state index contributed by atoms with van der Waals surface area (Å²) in [6, 6.07) is 4.84. The maximum atomic E-state index is 13.6. The normalized spacial score (nSPS) is 14.8. The fourth-order valence-electron chi connectivity index (χ4n) is 2.03. The van der Waals surface area contributed by atoms with Gasteiger partial charge in [0.25, 0.3) is 0 Å². The quantitative estimate of drug-likeness (QED) is 0.924. The van der Waals surface area contributed by atoms with Gasteiger partial charge in [0.2, 0.25) is 5.95 Å². The zero-order valence-electron chi connectivity index (χ0n) is 10.4. The number of para-hydroxylation sites is 1. The maximum Gasteiger partial charge on any atom is 0.201 e. The molecule has 0 bridgehead atoms. The maximum absolute atomic E-state index is 13.6. The summed E-state index contributed by atoms with van der Waals surface area (Å²) in [7, 11) is -0.841. The van der Waals surface area contributed by atoms with E-state index in [9.17, 15) is 8.60 Å². The van der Waals surface area contributed by atoms with E-state index >= 15 is 0 Å². The number of anilines is 1. The van der Waals surface area contributed by atoms with Gasteiger partial charge in [0, 0.05) is 28.9 Å². The first kappa shape index (κ1) is 13.0. The third kappa shape index (κ3) is 2.38. The highest BCUT2D eigenvalue weighted by Crippen LogP contribution is 2.26. The van der Waals surface area contributed by atoms with Crippen LogP contribution in [0, 0.1) is 5.82 Å². The van der Waals surface area contributed by atoms with Gasteiger partial charge in [0.05, 0.1) is 5.52 Å². The molecule has 0 radical (unpaired) electrons. The third-order valence-electron chi connectivity index (χ3n) is 2.96. The van der Waals surface area contributed by atoms with Crippen molar-refractivity contribution in [1.29, 1.82) is 0 Å². The summed E-state index contributed by atoms with van der Waals surface area (Å²) in [6.45, 7) is 1.97. The van der Waals surface area contributed by atoms with Crippen molar-refractivity contribution in [3.63, 3.8) is 0 Å². The summed E-state index contributed by atoms with van der Waals surface area (Å²) in [5.41, 5.74) is 6.81. The largest absolute Gasteiger partial charge is 0.369 e. The molecule has 0 spiro atoms. The zero-order valence-corrected chi connectivity index (χ0v) is 11.2. The average molecular weight is 269 g/mol. The highest BCUT2D eigenvalue weighted by atomic mass is 32.2. The van der Waals surface area contributed by atoms with Crippen LogP contribution in [0.4, 0.5) is 10.3 Å². The van der Waals surface area contributed by atoms with Gasteiger partial charge in [0.1, 0.15) is 5.52 Å². The Hall–Kier alpha value is -1.43. The molecule has 1 heterocycles. The second kappa shape index (κ2) is 5.06. The van der Waals surface area contributed by atoms with E-state index in [0.717, 1.165) is 6.42 Å². The van der Waals surface area contributed by atoms with Crippen LogP contribution in [0.2, 0.25) is 0 Å². The third-order valence-corrected chi connectivity index (χ3v) is 3.77. The second-order valence-electron chi connectivity index (χ2n) is 4.36. The van der Waals surface area contributed by atoms with Crippen LogP contribution in [0.1, 0.15) is 19.4 Å². The van der Waals surface area contributed by atoms with Crippen molar-refractivity contribution in [2.75, 3.05) is 17.7 Å². The number of nitrogens with two attached hydrogens (primary N) is 1. The topological polar surface area (TPSA) is 60.9 Å². The number of imidazole rings is 1. The Labute approximate surface area is 107 Å². The summed E-state index contributed by atoms with van der Waals surface area (Å²) < 4.78 is 26.5. The van der Waals surface area contributed by atoms with Crippen molar-refractivity contribution in [3.8, 4) is 0 Å². The molecule has 1 aromatic carbocycles. The number of hydrogen-bond acceptors (Lipinski definition) is 3. The minimum Gasteiger partial charge on any atom is -0.369 e. The fraction of sp³-hybridized carbons (Fsp3) is 0.417. The van der Waals surface area contributed by atoms with Gasteiger partial charge < -0.3 is 10.3 Å². The van der Waals surface area contributed by atoms with E-state index in [-0.39, 0.29) is 11.9 Å². The van der Waals surface area contributed by atoms with Crippen LogP contribution in [-0.2, 0) is 10.8 Å². The zero-order chi connectivity index (χ0) is 13.3. The summed E-state index contributed by atoms with van der Waals surface area (Å²) in [4.78, 5) is 4.05. The van der Waals surface area contributed by atoms with Gasteiger partial charge in [-0.2, -0.15) is 0 Å². The Balaban J connectivity index is 2.41. The first-order chi connectivity index (χ1) is 8.50. The van der Waals surface area contributed by atoms with Gasteiger partial charge in [-0.25, -0.2) is 9.37 Å². The van der Waals surface area contributed by atoms with Crippen molar-refractivity contribution in [2.24, 2.45) is 0 Å². The van der Waals surface area contributed by atoms with Crippen molar-refractivity contribution in [3.05, 3.63) is 24.0 Å². The molecule has 0 fully saturated rings. The van der Waals surface area contributed by atoms with Gasteiger partial charge in [-0.05, 0) is 25.5 Å². The summed E-state index contributed by atoms with van der Waals surface area (Å²) >= 11 is 0. The van der Waals surface area contributed by atoms with E-state index in [4.69, 9.17) is 5.73 Å². The number of halogens is 1. The van der Waals surface area contributed by atoms with E-state index in [0.29, 0.717) is 22.7 Å². The van der Waals surface area contributed by atoms with Gasteiger partial charge in [-0.15, -0.1) is 0 Å². The molecule has 1 aromatic heterocycles. The Bertz CT molecular complexity index is 596. The summed E-state index contributed by atoms with van der Waals surface area (Å²) in [5.74, 6) is 0.518. The molecular weight excluding hydrogens is 253 g/mol. The predicted octanol–water partition coefficient (Wildman–Crippen LogP) is 2.09. The van der Waals surface area contributed by atoms with Crippen molar-refractivity contribution in [1.82, 2.24) is 9.55 Å². The molecule has 2 N–H and O–H groups in total. The van der Waals surface area contributed by atoms with Crippen molar-refractivity contribution >= 4 is 27.8 Å². The molecule has 0 amide bonds. The highest BCUT2D eigenvalue weighted by Gasteiger charge is 2.16. The van der Waals surface area contributed by atoms with Crippen LogP contribution in [0.5, 0.6) is 0 Å². The van der Waals surface area contributed by atoms with Gasteiger partial charge >= 0.3 is 0 Å². The van der Waals surface area contributed by atoms with Gasteiger partial charge in [-0.3, -0.25) is 4.21 Å². The number of rotatable bonds is 4. The molecule has 18 heavy (non-hydrogen) atoms. The van der Waals surface area contributed by atoms with Crippen LogP contribution in [0.25, 0.3) is 11.0 Å². The monoisotopic (exact) mass is 269 g/mol. The molecule has 0 saturated heterocycles. The van der Waals surface area contributed by atoms with Crippen LogP contribution < -0.4 is 5.73 Å². The van der Waals surface area contributed by atoms with Gasteiger partial charge in [-0.1, -0.05) is 6.07 Å². The lowest BCUT2D eigenvalue weighted by molar-refractivity contribution is 0.552. The van der Waals surface area contributed by atoms with Crippen LogP contribution in [0.3, 0.4) is 0 Å². The van der Waals surface area contributed by atoms with E-state index in [1.165, 1.54) is 6.07 Å². The first-order valence-corrected chi connectivity index (χ1v) is 7.45. The lowest BCUT2D eigenvalue weighted by atomic mass is 10.2. The number of nitrogen functional groups attached to an aromatic ring is 1. The molecule has 2 rings (SSSR count). The smallest absolute Gasteiger partial charge is 0.201 e. The number of benzene rings is 1. The lowest BCUT2D eigenvalue weighted by Crippen LogP contribution is -2.11. The summed E-state index contributed by atoms with van der Waals surface area (Å²) in [6.07, 6.45) is 2.39. The predicted molar refractivity (Wildman–Crippen MR) is 72.4 cm³/mol. The van der Waals surface area contributed by atoms with Crippen LogP contribution in [0.15, 0.2) is 18.2 Å².